The van der Waals surface area contributed by atoms with E-state index < -0.39 is 10.9 Å². The fourth-order valence-electron chi connectivity index (χ4n) is 2.37. The summed E-state index contributed by atoms with van der Waals surface area (Å²) < 4.78 is 0. The third kappa shape index (κ3) is 2.69. The maximum absolute atomic E-state index is 10.9. The molecular weight excluding hydrogens is 262 g/mol. The minimum Gasteiger partial charge on any atom is -0.481 e. The van der Waals surface area contributed by atoms with Crippen LogP contribution in [0.4, 0.5) is 11.4 Å². The Labute approximate surface area is 115 Å². The topological polar surface area (TPSA) is 107 Å². The molecule has 1 heterocycles. The summed E-state index contributed by atoms with van der Waals surface area (Å²) in [5.41, 5.74) is 0.751. The second-order valence-corrected chi connectivity index (χ2v) is 4.67. The number of carboxylic acid groups (broad SMARTS) is 1. The van der Waals surface area contributed by atoms with Gasteiger partial charge in [-0.05, 0) is 18.9 Å². The van der Waals surface area contributed by atoms with Crippen LogP contribution in [-0.2, 0) is 4.79 Å². The minimum atomic E-state index is -0.797. The summed E-state index contributed by atoms with van der Waals surface area (Å²) in [7, 11) is 0. The van der Waals surface area contributed by atoms with Crippen molar-refractivity contribution in [1.82, 2.24) is 0 Å². The summed E-state index contributed by atoms with van der Waals surface area (Å²) in [6, 6.07) is 6.12. The van der Waals surface area contributed by atoms with Gasteiger partial charge in [-0.15, -0.1) is 0 Å². The number of piperidine rings is 1. The molecule has 0 bridgehead atoms. The van der Waals surface area contributed by atoms with Crippen LogP contribution >= 0.6 is 0 Å². The van der Waals surface area contributed by atoms with Crippen molar-refractivity contribution < 1.29 is 14.8 Å². The monoisotopic (exact) mass is 275 g/mol. The van der Waals surface area contributed by atoms with Gasteiger partial charge in [0.15, 0.2) is 0 Å². The Hall–Kier alpha value is -2.62. The molecule has 7 nitrogen and oxygen atoms in total. The third-order valence-electron chi connectivity index (χ3n) is 3.50. The van der Waals surface area contributed by atoms with E-state index in [1.165, 1.54) is 12.1 Å². The standard InChI is InChI=1S/C13H13N3O4/c14-8-10-7-11(16(19)20)1-2-12(10)15-5-3-9(4-6-15)13(17)18/h1-2,7,9H,3-6H2,(H,17,18). The molecule has 0 amide bonds. The number of nitrogens with zero attached hydrogens (tertiary/aromatic N) is 3. The number of hydrogen-bond donors (Lipinski definition) is 1. The highest BCUT2D eigenvalue weighted by Crippen LogP contribution is 2.28. The zero-order chi connectivity index (χ0) is 14.7. The van der Waals surface area contributed by atoms with E-state index in [9.17, 15) is 14.9 Å². The molecule has 1 aliphatic heterocycles. The number of benzene rings is 1. The van der Waals surface area contributed by atoms with Crippen LogP contribution in [0.3, 0.4) is 0 Å². The molecule has 0 aliphatic carbocycles. The molecule has 1 fully saturated rings. The van der Waals surface area contributed by atoms with Crippen LogP contribution in [0.5, 0.6) is 0 Å². The highest BCUT2D eigenvalue weighted by molar-refractivity contribution is 5.71. The molecule has 0 radical (unpaired) electrons. The van der Waals surface area contributed by atoms with Gasteiger partial charge >= 0.3 is 5.97 Å². The highest BCUT2D eigenvalue weighted by atomic mass is 16.6. The van der Waals surface area contributed by atoms with Crippen LogP contribution in [0.25, 0.3) is 0 Å². The molecule has 104 valence electrons. The Bertz CT molecular complexity index is 586. The molecule has 0 atom stereocenters. The van der Waals surface area contributed by atoms with Gasteiger partial charge in [-0.25, -0.2) is 0 Å². The number of nitro benzene ring substituents is 1. The van der Waals surface area contributed by atoms with E-state index in [-0.39, 0.29) is 17.2 Å². The van der Waals surface area contributed by atoms with Crippen LogP contribution in [0.2, 0.25) is 0 Å². The average Bonchev–Trinajstić information content (AvgIpc) is 2.46. The fourth-order valence-corrected chi connectivity index (χ4v) is 2.37. The molecule has 1 aromatic rings. The first-order valence-electron chi connectivity index (χ1n) is 6.19. The molecule has 1 saturated heterocycles. The summed E-state index contributed by atoms with van der Waals surface area (Å²) in [6.07, 6.45) is 1.02. The molecule has 1 N–H and O–H groups in total. The number of nitriles is 1. The molecule has 2 rings (SSSR count). The van der Waals surface area contributed by atoms with E-state index in [0.29, 0.717) is 31.6 Å². The number of aliphatic carboxylic acids is 1. The van der Waals surface area contributed by atoms with Gasteiger partial charge in [0.1, 0.15) is 6.07 Å². The number of hydrogen-bond acceptors (Lipinski definition) is 5. The lowest BCUT2D eigenvalue weighted by Gasteiger charge is -2.32. The van der Waals surface area contributed by atoms with Gasteiger partial charge in [0.2, 0.25) is 0 Å². The van der Waals surface area contributed by atoms with Gasteiger partial charge in [0, 0.05) is 25.2 Å². The van der Waals surface area contributed by atoms with Gasteiger partial charge in [-0.2, -0.15) is 5.26 Å². The molecule has 0 unspecified atom stereocenters. The van der Waals surface area contributed by atoms with Crippen molar-refractivity contribution >= 4 is 17.3 Å². The second-order valence-electron chi connectivity index (χ2n) is 4.67. The first-order valence-corrected chi connectivity index (χ1v) is 6.19. The van der Waals surface area contributed by atoms with E-state index >= 15 is 0 Å². The van der Waals surface area contributed by atoms with Gasteiger partial charge in [0.25, 0.3) is 5.69 Å². The van der Waals surface area contributed by atoms with Crippen LogP contribution < -0.4 is 4.90 Å². The summed E-state index contributed by atoms with van der Waals surface area (Å²) in [5.74, 6) is -1.15. The maximum Gasteiger partial charge on any atom is 0.306 e. The first-order chi connectivity index (χ1) is 9.52. The van der Waals surface area contributed by atoms with Crippen molar-refractivity contribution in [2.45, 2.75) is 12.8 Å². The zero-order valence-electron chi connectivity index (χ0n) is 10.7. The van der Waals surface area contributed by atoms with Crippen LogP contribution in [0.15, 0.2) is 18.2 Å². The Kier molecular flexibility index (Phi) is 3.84. The molecule has 0 aromatic heterocycles. The predicted octanol–water partition coefficient (Wildman–Crippen LogP) is 1.77. The molecule has 1 aliphatic rings. The Morgan fingerprint density at radius 1 is 1.45 bits per heavy atom. The van der Waals surface area contributed by atoms with E-state index in [4.69, 9.17) is 10.4 Å². The lowest BCUT2D eigenvalue weighted by Crippen LogP contribution is -2.36. The third-order valence-corrected chi connectivity index (χ3v) is 3.50. The lowest BCUT2D eigenvalue weighted by atomic mass is 9.96. The van der Waals surface area contributed by atoms with E-state index in [1.54, 1.807) is 6.07 Å². The number of nitro groups is 1. The largest absolute Gasteiger partial charge is 0.481 e. The van der Waals surface area contributed by atoms with E-state index in [2.05, 4.69) is 0 Å². The van der Waals surface area contributed by atoms with Gasteiger partial charge in [-0.1, -0.05) is 0 Å². The SMILES string of the molecule is N#Cc1cc([N+](=O)[O-])ccc1N1CCC(C(=O)O)CC1. The Balaban J connectivity index is 2.20. The van der Waals surface area contributed by atoms with Crippen molar-refractivity contribution in [2.24, 2.45) is 5.92 Å². The lowest BCUT2D eigenvalue weighted by molar-refractivity contribution is -0.384. The van der Waals surface area contributed by atoms with Crippen LogP contribution in [-0.4, -0.2) is 29.1 Å². The number of non-ortho nitro benzene ring substituents is 1. The average molecular weight is 275 g/mol. The Morgan fingerprint density at radius 3 is 2.60 bits per heavy atom. The molecule has 0 spiro atoms. The highest BCUT2D eigenvalue weighted by Gasteiger charge is 2.26. The first kappa shape index (κ1) is 13.8. The van der Waals surface area contributed by atoms with Gasteiger partial charge < -0.3 is 10.0 Å². The summed E-state index contributed by atoms with van der Waals surface area (Å²) in [5, 5.41) is 28.7. The minimum absolute atomic E-state index is 0.120. The Morgan fingerprint density at radius 2 is 2.10 bits per heavy atom. The fraction of sp³-hybridized carbons (Fsp3) is 0.385. The quantitative estimate of drug-likeness (QED) is 0.665. The van der Waals surface area contributed by atoms with Gasteiger partial charge in [-0.3, -0.25) is 14.9 Å². The predicted molar refractivity (Wildman–Crippen MR) is 70.4 cm³/mol. The maximum atomic E-state index is 10.9. The smallest absolute Gasteiger partial charge is 0.306 e. The summed E-state index contributed by atoms with van der Waals surface area (Å²) >= 11 is 0. The van der Waals surface area contributed by atoms with Gasteiger partial charge in [0.05, 0.1) is 22.1 Å². The summed E-state index contributed by atoms with van der Waals surface area (Å²) in [6.45, 7) is 1.06. The van der Waals surface area contributed by atoms with Crippen LogP contribution in [0, 0.1) is 27.4 Å². The number of carboxylic acids is 1. The molecule has 20 heavy (non-hydrogen) atoms. The number of anilines is 1. The van der Waals surface area contributed by atoms with Crippen LogP contribution in [0.1, 0.15) is 18.4 Å². The molecule has 0 saturated carbocycles. The van der Waals surface area contributed by atoms with E-state index in [0.717, 1.165) is 0 Å². The summed E-state index contributed by atoms with van der Waals surface area (Å²) in [4.78, 5) is 23.0. The number of rotatable bonds is 3. The molecule has 7 heteroatoms. The van der Waals surface area contributed by atoms with E-state index in [1.807, 2.05) is 11.0 Å². The van der Waals surface area contributed by atoms with Crippen molar-refractivity contribution in [2.75, 3.05) is 18.0 Å². The molecule has 1 aromatic carbocycles. The number of carbonyl (C=O) groups is 1. The zero-order valence-corrected chi connectivity index (χ0v) is 10.7. The van der Waals surface area contributed by atoms with Crippen molar-refractivity contribution in [3.05, 3.63) is 33.9 Å². The van der Waals surface area contributed by atoms with Crippen molar-refractivity contribution in [1.29, 1.82) is 5.26 Å². The second kappa shape index (κ2) is 5.57. The molecular formula is C13H13N3O4. The van der Waals surface area contributed by atoms with Crippen molar-refractivity contribution in [3.8, 4) is 6.07 Å². The normalized spacial score (nSPS) is 15.7. The van der Waals surface area contributed by atoms with Crippen molar-refractivity contribution in [3.63, 3.8) is 0 Å².